The van der Waals surface area contributed by atoms with Gasteiger partial charge in [-0.1, -0.05) is 47.5 Å². The molecule has 10 heteroatoms. The molecule has 1 spiro atoms. The summed E-state index contributed by atoms with van der Waals surface area (Å²) in [4.78, 5) is 20.6. The fraction of sp³-hybridized carbons (Fsp3) is 0.480. The lowest BCUT2D eigenvalue weighted by Crippen LogP contribution is -2.46. The number of hydrogen-bond donors (Lipinski definition) is 0. The molecule has 0 aliphatic carbocycles. The number of likely N-dealkylation sites (tertiary alicyclic amines) is 1. The maximum atomic E-state index is 13.1. The average Bonchev–Trinajstić information content (AvgIpc) is 3.16. The van der Waals surface area contributed by atoms with E-state index in [2.05, 4.69) is 11.0 Å². The minimum Gasteiger partial charge on any atom is -0.303 e. The molecule has 2 aliphatic heterocycles. The van der Waals surface area contributed by atoms with E-state index < -0.39 is 15.9 Å². The Kier molecular flexibility index (Phi) is 7.69. The summed E-state index contributed by atoms with van der Waals surface area (Å²) in [7, 11) is -0.273. The van der Waals surface area contributed by atoms with Crippen molar-refractivity contribution in [1.29, 1.82) is 0 Å². The van der Waals surface area contributed by atoms with Crippen LogP contribution < -0.4 is 4.31 Å². The number of hydroxylamine groups is 2. The number of carbonyl (C=O) groups excluding carboxylic acids is 1. The molecule has 2 heterocycles. The molecule has 4 rings (SSSR count). The summed E-state index contributed by atoms with van der Waals surface area (Å²) in [6, 6.07) is 13.1. The van der Waals surface area contributed by atoms with Crippen molar-refractivity contribution in [2.75, 3.05) is 50.9 Å². The molecular formula is C25H31Cl2N3O4S. The van der Waals surface area contributed by atoms with E-state index in [1.165, 1.54) is 18.4 Å². The Balaban J connectivity index is 1.47. The van der Waals surface area contributed by atoms with Crippen LogP contribution in [0.25, 0.3) is 0 Å². The molecule has 35 heavy (non-hydrogen) atoms. The largest absolute Gasteiger partial charge is 0.303 e. The number of halogens is 2. The number of anilines is 1. The number of hydrogen-bond acceptors (Lipinski definition) is 5. The summed E-state index contributed by atoms with van der Waals surface area (Å²) in [6.07, 6.45) is 3.59. The van der Waals surface area contributed by atoms with Crippen molar-refractivity contribution in [2.45, 2.75) is 30.6 Å². The molecule has 1 atom stereocenters. The number of carbonyl (C=O) groups is 1. The number of benzene rings is 2. The molecule has 1 unspecified atom stereocenters. The van der Waals surface area contributed by atoms with Crippen molar-refractivity contribution in [1.82, 2.24) is 9.96 Å². The summed E-state index contributed by atoms with van der Waals surface area (Å²) in [5, 5.41) is 2.11. The lowest BCUT2D eigenvalue weighted by molar-refractivity contribution is -0.170. The van der Waals surface area contributed by atoms with E-state index in [0.717, 1.165) is 49.3 Å². The number of nitrogens with zero attached hydrogens (tertiary/aromatic N) is 3. The van der Waals surface area contributed by atoms with Crippen LogP contribution in [-0.4, -0.2) is 70.9 Å². The molecule has 2 aromatic carbocycles. The third-order valence-corrected chi connectivity index (χ3v) is 9.23. The molecule has 0 saturated carbocycles. The van der Waals surface area contributed by atoms with Crippen LogP contribution in [0.1, 0.15) is 36.3 Å². The van der Waals surface area contributed by atoms with Crippen LogP contribution in [0.15, 0.2) is 42.5 Å². The van der Waals surface area contributed by atoms with E-state index in [1.54, 1.807) is 23.5 Å². The summed E-state index contributed by atoms with van der Waals surface area (Å²) < 4.78 is 26.4. The van der Waals surface area contributed by atoms with Crippen molar-refractivity contribution < 1.29 is 18.0 Å². The predicted molar refractivity (Wildman–Crippen MR) is 140 cm³/mol. The van der Waals surface area contributed by atoms with Gasteiger partial charge in [0.05, 0.1) is 35.0 Å². The molecule has 7 nitrogen and oxygen atoms in total. The first-order valence-electron chi connectivity index (χ1n) is 11.6. The van der Waals surface area contributed by atoms with E-state index in [9.17, 15) is 13.2 Å². The molecule has 2 aromatic rings. The van der Waals surface area contributed by atoms with Crippen molar-refractivity contribution in [2.24, 2.45) is 0 Å². The second kappa shape index (κ2) is 10.3. The molecule has 1 saturated heterocycles. The summed E-state index contributed by atoms with van der Waals surface area (Å²) in [6.45, 7) is 2.87. The normalized spacial score (nSPS) is 18.5. The minimum atomic E-state index is -3.34. The smallest absolute Gasteiger partial charge is 0.253 e. The number of fused-ring (bicyclic) bond motifs is 2. The Hall–Kier alpha value is -1.84. The van der Waals surface area contributed by atoms with Crippen LogP contribution in [0, 0.1) is 0 Å². The lowest BCUT2D eigenvalue weighted by atomic mass is 9.74. The maximum absolute atomic E-state index is 13.1. The first-order chi connectivity index (χ1) is 16.6. The van der Waals surface area contributed by atoms with Gasteiger partial charge in [-0.3, -0.25) is 13.9 Å². The van der Waals surface area contributed by atoms with E-state index in [1.807, 2.05) is 24.3 Å². The van der Waals surface area contributed by atoms with Crippen molar-refractivity contribution >= 4 is 44.8 Å². The molecular weight excluding hydrogens is 509 g/mol. The number of rotatable bonds is 7. The van der Waals surface area contributed by atoms with Crippen LogP contribution in [0.3, 0.4) is 0 Å². The molecule has 1 fully saturated rings. The van der Waals surface area contributed by atoms with E-state index in [-0.39, 0.29) is 11.3 Å². The highest BCUT2D eigenvalue weighted by atomic mass is 35.5. The molecule has 0 bridgehead atoms. The summed E-state index contributed by atoms with van der Waals surface area (Å²) in [5.74, 6) is -0.564. The fourth-order valence-corrected chi connectivity index (χ4v) is 6.60. The Morgan fingerprint density at radius 3 is 2.46 bits per heavy atom. The Morgan fingerprint density at radius 1 is 1.14 bits per heavy atom. The van der Waals surface area contributed by atoms with Crippen LogP contribution in [0.2, 0.25) is 10.0 Å². The molecule has 0 radical (unpaired) electrons. The van der Waals surface area contributed by atoms with Gasteiger partial charge >= 0.3 is 0 Å². The van der Waals surface area contributed by atoms with Crippen LogP contribution in [-0.2, 0) is 25.1 Å². The number of piperidine rings is 1. The van der Waals surface area contributed by atoms with Gasteiger partial charge in [-0.2, -0.15) is 0 Å². The van der Waals surface area contributed by atoms with E-state index >= 15 is 0 Å². The van der Waals surface area contributed by atoms with Gasteiger partial charge in [-0.05, 0) is 68.2 Å². The summed E-state index contributed by atoms with van der Waals surface area (Å²) in [5.41, 5.74) is 2.55. The number of amides is 1. The predicted octanol–water partition coefficient (Wildman–Crippen LogP) is 4.30. The second-order valence-electron chi connectivity index (χ2n) is 9.44. The van der Waals surface area contributed by atoms with Gasteiger partial charge in [0, 0.05) is 19.0 Å². The highest BCUT2D eigenvalue weighted by Crippen LogP contribution is 2.47. The standard InChI is InChI=1S/C25H31Cl2N3O4S/c1-28(34-2)24(31)19(18-8-9-21(26)22(27)16-18)10-13-29-14-11-25(12-15-29)17-30(35(3,32)33)23-7-5-4-6-20(23)25/h4-9,16,19H,10-15,17H2,1-3H3. The minimum absolute atomic E-state index is 0.145. The zero-order chi connectivity index (χ0) is 25.4. The monoisotopic (exact) mass is 539 g/mol. The topological polar surface area (TPSA) is 70.2 Å². The number of para-hydroxylation sites is 1. The maximum Gasteiger partial charge on any atom is 0.253 e. The molecule has 1 amide bonds. The molecule has 0 aromatic heterocycles. The van der Waals surface area contributed by atoms with Gasteiger partial charge in [0.2, 0.25) is 10.0 Å². The van der Waals surface area contributed by atoms with Gasteiger partial charge < -0.3 is 4.90 Å². The van der Waals surface area contributed by atoms with Gasteiger partial charge in [0.15, 0.2) is 0 Å². The Morgan fingerprint density at radius 2 is 1.83 bits per heavy atom. The second-order valence-corrected chi connectivity index (χ2v) is 12.2. The van der Waals surface area contributed by atoms with Crippen LogP contribution in [0.5, 0.6) is 0 Å². The Labute approximate surface area is 217 Å². The van der Waals surface area contributed by atoms with E-state index in [4.69, 9.17) is 28.0 Å². The third-order valence-electron chi connectivity index (χ3n) is 7.37. The van der Waals surface area contributed by atoms with Crippen LogP contribution in [0.4, 0.5) is 5.69 Å². The highest BCUT2D eigenvalue weighted by Gasteiger charge is 2.46. The first kappa shape index (κ1) is 26.2. The van der Waals surface area contributed by atoms with Crippen molar-refractivity contribution in [3.05, 3.63) is 63.6 Å². The van der Waals surface area contributed by atoms with Gasteiger partial charge in [0.1, 0.15) is 0 Å². The van der Waals surface area contributed by atoms with E-state index in [0.29, 0.717) is 23.0 Å². The fourth-order valence-electron chi connectivity index (χ4n) is 5.30. The third kappa shape index (κ3) is 5.32. The first-order valence-corrected chi connectivity index (χ1v) is 14.2. The van der Waals surface area contributed by atoms with Crippen LogP contribution >= 0.6 is 23.2 Å². The van der Waals surface area contributed by atoms with Gasteiger partial charge in [0.25, 0.3) is 5.91 Å². The van der Waals surface area contributed by atoms with Crippen molar-refractivity contribution in [3.63, 3.8) is 0 Å². The molecule has 190 valence electrons. The SMILES string of the molecule is CON(C)C(=O)C(CCN1CCC2(CC1)CN(S(C)(=O)=O)c1ccccc12)c1ccc(Cl)c(Cl)c1. The van der Waals surface area contributed by atoms with Gasteiger partial charge in [-0.15, -0.1) is 0 Å². The highest BCUT2D eigenvalue weighted by molar-refractivity contribution is 7.92. The molecule has 2 aliphatic rings. The van der Waals surface area contributed by atoms with Gasteiger partial charge in [-0.25, -0.2) is 13.5 Å². The van der Waals surface area contributed by atoms with Crippen molar-refractivity contribution in [3.8, 4) is 0 Å². The number of likely N-dealkylation sites (N-methyl/N-ethyl adjacent to an activating group) is 1. The zero-order valence-corrected chi connectivity index (χ0v) is 22.5. The average molecular weight is 541 g/mol. The lowest BCUT2D eigenvalue weighted by Gasteiger charge is -2.40. The zero-order valence-electron chi connectivity index (χ0n) is 20.2. The Bertz CT molecular complexity index is 1200. The molecule has 0 N–H and O–H groups in total. The quantitative estimate of drug-likeness (QED) is 0.490. The summed E-state index contributed by atoms with van der Waals surface area (Å²) >= 11 is 12.3. The number of sulfonamides is 1.